The van der Waals surface area contributed by atoms with Crippen LogP contribution in [0.1, 0.15) is 29.8 Å². The van der Waals surface area contributed by atoms with Crippen LogP contribution in [0.25, 0.3) is 0 Å². The average molecular weight is 391 g/mol. The number of para-hydroxylation sites is 2. The van der Waals surface area contributed by atoms with E-state index in [1.807, 2.05) is 63.2 Å². The smallest absolute Gasteiger partial charge is 0.257 e. The van der Waals surface area contributed by atoms with E-state index >= 15 is 0 Å². The molecule has 0 saturated carbocycles. The second kappa shape index (κ2) is 9.10. The van der Waals surface area contributed by atoms with Crippen molar-refractivity contribution in [3.63, 3.8) is 0 Å². The summed E-state index contributed by atoms with van der Waals surface area (Å²) in [5.41, 5.74) is 2.99. The van der Waals surface area contributed by atoms with E-state index in [1.54, 1.807) is 19.2 Å². The highest BCUT2D eigenvalue weighted by Gasteiger charge is 2.12. The van der Waals surface area contributed by atoms with Crippen molar-refractivity contribution < 1.29 is 14.3 Å². The molecule has 1 aromatic heterocycles. The van der Waals surface area contributed by atoms with E-state index in [0.29, 0.717) is 22.8 Å². The number of nitrogens with zero attached hydrogens (tertiary/aromatic N) is 1. The summed E-state index contributed by atoms with van der Waals surface area (Å²) in [6, 6.07) is 16.7. The zero-order valence-corrected chi connectivity index (χ0v) is 17.0. The Bertz CT molecular complexity index is 985. The highest BCUT2D eigenvalue weighted by molar-refractivity contribution is 6.04. The van der Waals surface area contributed by atoms with E-state index in [-0.39, 0.29) is 12.0 Å². The monoisotopic (exact) mass is 391 g/mol. The molecule has 6 heteroatoms. The molecule has 1 heterocycles. The Hall–Kier alpha value is -3.54. The lowest BCUT2D eigenvalue weighted by molar-refractivity contribution is 0.102. The minimum atomic E-state index is -0.253. The molecule has 150 valence electrons. The summed E-state index contributed by atoms with van der Waals surface area (Å²) in [6.07, 6.45) is 1.55. The number of anilines is 3. The van der Waals surface area contributed by atoms with Gasteiger partial charge in [0.25, 0.3) is 5.91 Å². The van der Waals surface area contributed by atoms with Crippen LogP contribution in [-0.2, 0) is 0 Å². The maximum atomic E-state index is 12.6. The number of aromatic nitrogens is 1. The molecule has 29 heavy (non-hydrogen) atoms. The predicted octanol–water partition coefficient (Wildman–Crippen LogP) is 5.18. The number of benzene rings is 2. The van der Waals surface area contributed by atoms with Gasteiger partial charge in [-0.3, -0.25) is 4.79 Å². The van der Waals surface area contributed by atoms with Gasteiger partial charge in [0.1, 0.15) is 17.3 Å². The molecular weight excluding hydrogens is 366 g/mol. The van der Waals surface area contributed by atoms with E-state index in [4.69, 9.17) is 9.47 Å². The number of nitrogens with one attached hydrogen (secondary N) is 2. The number of rotatable bonds is 7. The van der Waals surface area contributed by atoms with Crippen molar-refractivity contribution in [3.05, 3.63) is 71.9 Å². The fourth-order valence-corrected chi connectivity index (χ4v) is 2.78. The quantitative estimate of drug-likeness (QED) is 0.580. The Morgan fingerprint density at radius 3 is 2.48 bits per heavy atom. The molecule has 3 rings (SSSR count). The molecule has 2 aromatic carbocycles. The fourth-order valence-electron chi connectivity index (χ4n) is 2.78. The Morgan fingerprint density at radius 1 is 1.00 bits per heavy atom. The maximum absolute atomic E-state index is 12.6. The minimum absolute atomic E-state index is 0.0127. The van der Waals surface area contributed by atoms with Crippen LogP contribution in [0.3, 0.4) is 0 Å². The zero-order valence-electron chi connectivity index (χ0n) is 17.0. The van der Waals surface area contributed by atoms with Gasteiger partial charge in [-0.25, -0.2) is 4.98 Å². The topological polar surface area (TPSA) is 72.5 Å². The number of ether oxygens (including phenoxy) is 2. The lowest BCUT2D eigenvalue weighted by Crippen LogP contribution is -2.14. The van der Waals surface area contributed by atoms with Crippen LogP contribution < -0.4 is 20.1 Å². The number of methoxy groups -OCH3 is 1. The van der Waals surface area contributed by atoms with Crippen LogP contribution in [0.2, 0.25) is 0 Å². The molecule has 0 aliphatic carbocycles. The molecule has 0 fully saturated rings. The zero-order chi connectivity index (χ0) is 20.8. The first-order chi connectivity index (χ1) is 14.0. The van der Waals surface area contributed by atoms with Gasteiger partial charge in [-0.1, -0.05) is 18.2 Å². The number of amides is 1. The standard InChI is InChI=1S/C23H25N3O3/c1-15(2)29-21-8-6-5-7-18(21)26-23(27)17-10-12-22(24-14-17)25-19-13-16(3)9-11-20(19)28-4/h5-15H,1-4H3,(H,24,25)(H,26,27). The van der Waals surface area contributed by atoms with Crippen LogP contribution in [0, 0.1) is 6.92 Å². The highest BCUT2D eigenvalue weighted by Crippen LogP contribution is 2.28. The lowest BCUT2D eigenvalue weighted by atomic mass is 10.2. The summed E-state index contributed by atoms with van der Waals surface area (Å²) in [6.45, 7) is 5.89. The van der Waals surface area contributed by atoms with Gasteiger partial charge >= 0.3 is 0 Å². The summed E-state index contributed by atoms with van der Waals surface area (Å²) < 4.78 is 11.1. The van der Waals surface area contributed by atoms with Gasteiger partial charge in [-0.05, 0) is 62.7 Å². The second-order valence-corrected chi connectivity index (χ2v) is 6.88. The Balaban J connectivity index is 1.72. The third-order valence-electron chi connectivity index (χ3n) is 4.14. The molecule has 0 aliphatic heterocycles. The number of hydrogen-bond donors (Lipinski definition) is 2. The molecule has 0 aliphatic rings. The third kappa shape index (κ3) is 5.25. The summed E-state index contributed by atoms with van der Waals surface area (Å²) in [5.74, 6) is 1.72. The Morgan fingerprint density at radius 2 is 1.79 bits per heavy atom. The van der Waals surface area contributed by atoms with Gasteiger partial charge in [0, 0.05) is 6.20 Å². The molecule has 0 radical (unpaired) electrons. The predicted molar refractivity (Wildman–Crippen MR) is 115 cm³/mol. The van der Waals surface area contributed by atoms with Crippen molar-refractivity contribution in [2.24, 2.45) is 0 Å². The molecular formula is C23H25N3O3. The van der Waals surface area contributed by atoms with Crippen molar-refractivity contribution in [3.8, 4) is 11.5 Å². The molecule has 2 N–H and O–H groups in total. The van der Waals surface area contributed by atoms with E-state index in [0.717, 1.165) is 17.0 Å². The number of hydrogen-bond acceptors (Lipinski definition) is 5. The summed E-state index contributed by atoms with van der Waals surface area (Å²) in [4.78, 5) is 17.0. The largest absolute Gasteiger partial charge is 0.495 e. The van der Waals surface area contributed by atoms with E-state index in [2.05, 4.69) is 15.6 Å². The van der Waals surface area contributed by atoms with Crippen molar-refractivity contribution in [2.45, 2.75) is 26.9 Å². The van der Waals surface area contributed by atoms with Crippen molar-refractivity contribution in [2.75, 3.05) is 17.7 Å². The molecule has 6 nitrogen and oxygen atoms in total. The third-order valence-corrected chi connectivity index (χ3v) is 4.14. The van der Waals surface area contributed by atoms with E-state index in [1.165, 1.54) is 6.20 Å². The van der Waals surface area contributed by atoms with Crippen LogP contribution >= 0.6 is 0 Å². The van der Waals surface area contributed by atoms with Crippen LogP contribution in [-0.4, -0.2) is 24.1 Å². The number of aryl methyl sites for hydroxylation is 1. The summed E-state index contributed by atoms with van der Waals surface area (Å²) in [5, 5.41) is 6.11. The van der Waals surface area contributed by atoms with Crippen molar-refractivity contribution in [1.29, 1.82) is 0 Å². The summed E-state index contributed by atoms with van der Waals surface area (Å²) in [7, 11) is 1.62. The second-order valence-electron chi connectivity index (χ2n) is 6.88. The number of pyridine rings is 1. The highest BCUT2D eigenvalue weighted by atomic mass is 16.5. The molecule has 0 unspecified atom stereocenters. The van der Waals surface area contributed by atoms with Crippen molar-refractivity contribution >= 4 is 23.1 Å². The van der Waals surface area contributed by atoms with Gasteiger partial charge in [-0.2, -0.15) is 0 Å². The molecule has 3 aromatic rings. The van der Waals surface area contributed by atoms with Gasteiger partial charge in [0.2, 0.25) is 0 Å². The Labute approximate surface area is 170 Å². The molecule has 0 bridgehead atoms. The van der Waals surface area contributed by atoms with Crippen molar-refractivity contribution in [1.82, 2.24) is 4.98 Å². The molecule has 0 spiro atoms. The first kappa shape index (κ1) is 20.2. The average Bonchev–Trinajstić information content (AvgIpc) is 2.70. The molecule has 0 atom stereocenters. The van der Waals surface area contributed by atoms with Crippen LogP contribution in [0.5, 0.6) is 11.5 Å². The van der Waals surface area contributed by atoms with Gasteiger partial charge < -0.3 is 20.1 Å². The van der Waals surface area contributed by atoms with Crippen LogP contribution in [0.4, 0.5) is 17.2 Å². The molecule has 1 amide bonds. The van der Waals surface area contributed by atoms with Gasteiger partial charge in [0.15, 0.2) is 0 Å². The normalized spacial score (nSPS) is 10.5. The van der Waals surface area contributed by atoms with Crippen LogP contribution in [0.15, 0.2) is 60.8 Å². The van der Waals surface area contributed by atoms with Gasteiger partial charge in [0.05, 0.1) is 30.2 Å². The SMILES string of the molecule is COc1ccc(C)cc1Nc1ccc(C(=O)Nc2ccccc2OC(C)C)cn1. The maximum Gasteiger partial charge on any atom is 0.257 e. The molecule has 0 saturated heterocycles. The summed E-state index contributed by atoms with van der Waals surface area (Å²) >= 11 is 0. The minimum Gasteiger partial charge on any atom is -0.495 e. The fraction of sp³-hybridized carbons (Fsp3) is 0.217. The van der Waals surface area contributed by atoms with E-state index < -0.39 is 0 Å². The first-order valence-corrected chi connectivity index (χ1v) is 9.41. The lowest BCUT2D eigenvalue weighted by Gasteiger charge is -2.15. The Kier molecular flexibility index (Phi) is 6.34. The number of carbonyl (C=O) groups excluding carboxylic acids is 1. The van der Waals surface area contributed by atoms with E-state index in [9.17, 15) is 4.79 Å². The van der Waals surface area contributed by atoms with Gasteiger partial charge in [-0.15, -0.1) is 0 Å². The number of carbonyl (C=O) groups is 1. The first-order valence-electron chi connectivity index (χ1n) is 9.41.